The molecule has 5 aliphatic heterocycles. The van der Waals surface area contributed by atoms with E-state index < -0.39 is 37.0 Å². The van der Waals surface area contributed by atoms with Crippen molar-refractivity contribution in [2.24, 2.45) is 5.92 Å². The molecule has 9 rings (SSSR count). The molecule has 0 radical (unpaired) electrons. The molecule has 3 N–H and O–H groups in total. The number of para-hydroxylation sites is 1. The highest BCUT2D eigenvalue weighted by molar-refractivity contribution is 9.10. The Labute approximate surface area is 355 Å². The fourth-order valence-electron chi connectivity index (χ4n) is 10.9. The van der Waals surface area contributed by atoms with Gasteiger partial charge in [-0.2, -0.15) is 0 Å². The molecule has 5 heterocycles. The number of anilines is 3. The first-order valence-corrected chi connectivity index (χ1v) is 24.6. The second-order valence-electron chi connectivity index (χ2n) is 17.5. The lowest BCUT2D eigenvalue weighted by Gasteiger charge is -2.39. The van der Waals surface area contributed by atoms with Crippen LogP contribution in [0.2, 0.25) is 18.6 Å². The molecular weight excluding hydrogens is 827 g/mol. The van der Waals surface area contributed by atoms with Crippen molar-refractivity contribution in [1.29, 1.82) is 0 Å². The summed E-state index contributed by atoms with van der Waals surface area (Å²) in [5, 5.41) is 13.8. The largest absolute Gasteiger partial charge is 0.432 e. The van der Waals surface area contributed by atoms with Crippen LogP contribution in [0.25, 0.3) is 0 Å². The van der Waals surface area contributed by atoms with E-state index in [2.05, 4.69) is 38.3 Å². The van der Waals surface area contributed by atoms with Crippen molar-refractivity contribution >= 4 is 59.0 Å². The number of rotatable bonds is 8. The number of carbonyl (C=O) groups excluding carboxylic acids is 3. The molecule has 5 atom stereocenters. The summed E-state index contributed by atoms with van der Waals surface area (Å²) in [6, 6.07) is 31.5. The van der Waals surface area contributed by atoms with Crippen LogP contribution in [0.5, 0.6) is 0 Å². The van der Waals surface area contributed by atoms with E-state index in [-0.39, 0.29) is 43.3 Å². The monoisotopic (exact) mass is 877 g/mol. The van der Waals surface area contributed by atoms with Crippen LogP contribution < -0.4 is 20.0 Å². The van der Waals surface area contributed by atoms with Gasteiger partial charge in [0.2, 0.25) is 5.91 Å². The number of hydrogen-bond acceptors (Lipinski definition) is 8. The van der Waals surface area contributed by atoms with Gasteiger partial charge < -0.3 is 34.7 Å². The van der Waals surface area contributed by atoms with E-state index in [0.717, 1.165) is 45.6 Å². The van der Waals surface area contributed by atoms with Crippen molar-refractivity contribution in [2.75, 3.05) is 41.1 Å². The van der Waals surface area contributed by atoms with Gasteiger partial charge in [-0.25, -0.2) is 0 Å². The van der Waals surface area contributed by atoms with E-state index in [4.69, 9.17) is 4.74 Å². The molecule has 3 fully saturated rings. The number of fused-ring (bicyclic) bond motifs is 3. The Bertz CT molecular complexity index is 2280. The van der Waals surface area contributed by atoms with Gasteiger partial charge in [-0.05, 0) is 105 Å². The van der Waals surface area contributed by atoms with Gasteiger partial charge in [-0.1, -0.05) is 77.5 Å². The molecule has 59 heavy (non-hydrogen) atoms. The first kappa shape index (κ1) is 40.1. The highest BCUT2D eigenvalue weighted by Crippen LogP contribution is 2.60. The molecule has 5 aliphatic rings. The van der Waals surface area contributed by atoms with Crippen LogP contribution in [0.1, 0.15) is 48.4 Å². The van der Waals surface area contributed by atoms with Gasteiger partial charge in [0.05, 0.1) is 44.1 Å². The molecule has 3 amide bonds. The standard InChI is InChI=1S/C46H52BrN5O6Si/c1-30-42(59(2,3)57)40(25-41(54)49-27-33-12-8-7-11-32(33)23-37(49)28-53)58-46(30)38-24-34(47)16-17-39(38)50(44(46)56)26-31-10-9-15-36(22-31)51-29-52(35-13-5-4-6-14-35)45(43(51)55)18-20-48-21-19-45/h4-17,22,24,30,37,40,42,48,53,57H,18-21,23,25-29H2,1-3H3/t30-,37-,40+,42-,46+/m0/s1. The Morgan fingerprint density at radius 1 is 0.915 bits per heavy atom. The summed E-state index contributed by atoms with van der Waals surface area (Å²) in [5.74, 6) is -0.769. The number of benzene rings is 4. The quantitative estimate of drug-likeness (QED) is 0.183. The molecule has 0 unspecified atom stereocenters. The summed E-state index contributed by atoms with van der Waals surface area (Å²) in [6.45, 7) is 8.10. The van der Waals surface area contributed by atoms with Crippen molar-refractivity contribution in [3.63, 3.8) is 0 Å². The number of hydrogen-bond donors (Lipinski definition) is 3. The van der Waals surface area contributed by atoms with Crippen molar-refractivity contribution in [1.82, 2.24) is 10.2 Å². The van der Waals surface area contributed by atoms with E-state index in [0.29, 0.717) is 43.7 Å². The highest BCUT2D eigenvalue weighted by atomic mass is 79.9. The van der Waals surface area contributed by atoms with Gasteiger partial charge in [-0.3, -0.25) is 19.3 Å². The Hall–Kier alpha value is -4.37. The zero-order chi connectivity index (χ0) is 41.3. The van der Waals surface area contributed by atoms with Gasteiger partial charge in [0, 0.05) is 39.4 Å². The van der Waals surface area contributed by atoms with E-state index in [1.54, 1.807) is 9.80 Å². The molecule has 3 saturated heterocycles. The SMILES string of the molecule is C[C@H]1[C@H]([Si](C)(C)O)[C@@H](CC(=O)N2Cc3ccccc3C[C@H]2CO)O[C@]12C(=O)N(Cc1cccc(N3CN(c4ccccc4)C4(CCNCC4)C3=O)c1)c1ccc(Br)cc12. The minimum absolute atomic E-state index is 0.0213. The molecule has 0 bridgehead atoms. The maximum Gasteiger partial charge on any atom is 0.264 e. The molecule has 2 spiro atoms. The van der Waals surface area contributed by atoms with Crippen LogP contribution >= 0.6 is 15.9 Å². The third-order valence-corrected chi connectivity index (χ3v) is 16.7. The van der Waals surface area contributed by atoms with Crippen molar-refractivity contribution in [2.45, 2.75) is 87.6 Å². The predicted molar refractivity (Wildman–Crippen MR) is 233 cm³/mol. The number of aliphatic hydroxyl groups is 1. The van der Waals surface area contributed by atoms with Gasteiger partial charge in [0.1, 0.15) is 5.54 Å². The van der Waals surface area contributed by atoms with Crippen molar-refractivity contribution in [3.8, 4) is 0 Å². The zero-order valence-electron chi connectivity index (χ0n) is 33.8. The molecule has 4 aromatic rings. The molecule has 0 saturated carbocycles. The average Bonchev–Trinajstić information content (AvgIpc) is 3.77. The second kappa shape index (κ2) is 15.3. The molecule has 0 aromatic heterocycles. The lowest BCUT2D eigenvalue weighted by atomic mass is 9.82. The number of halogens is 1. The predicted octanol–water partition coefficient (Wildman–Crippen LogP) is 6.06. The Kier molecular flexibility index (Phi) is 10.4. The van der Waals surface area contributed by atoms with E-state index >= 15 is 4.79 Å². The fourth-order valence-corrected chi connectivity index (χ4v) is 13.8. The molecule has 0 aliphatic carbocycles. The number of piperidine rings is 1. The number of carbonyl (C=O) groups is 3. The van der Waals surface area contributed by atoms with Gasteiger partial charge >= 0.3 is 0 Å². The number of nitrogens with one attached hydrogen (secondary N) is 1. The summed E-state index contributed by atoms with van der Waals surface area (Å²) in [6.07, 6.45) is 1.23. The molecule has 13 heteroatoms. The van der Waals surface area contributed by atoms with Crippen LogP contribution in [-0.4, -0.2) is 84.9 Å². The maximum atomic E-state index is 15.3. The number of amides is 3. The van der Waals surface area contributed by atoms with Crippen LogP contribution in [-0.2, 0) is 44.2 Å². The van der Waals surface area contributed by atoms with Crippen LogP contribution in [0.3, 0.4) is 0 Å². The van der Waals surface area contributed by atoms with E-state index in [1.807, 2.05) is 110 Å². The topological polar surface area (TPSA) is 126 Å². The van der Waals surface area contributed by atoms with Gasteiger partial charge in [-0.15, -0.1) is 0 Å². The average molecular weight is 879 g/mol. The van der Waals surface area contributed by atoms with Gasteiger partial charge in [0.15, 0.2) is 13.9 Å². The summed E-state index contributed by atoms with van der Waals surface area (Å²) >= 11 is 3.66. The minimum Gasteiger partial charge on any atom is -0.432 e. The Balaban J connectivity index is 1.02. The molecule has 11 nitrogen and oxygen atoms in total. The summed E-state index contributed by atoms with van der Waals surface area (Å²) < 4.78 is 7.84. The van der Waals surface area contributed by atoms with Crippen molar-refractivity contribution in [3.05, 3.63) is 124 Å². The van der Waals surface area contributed by atoms with Gasteiger partial charge in [0.25, 0.3) is 11.8 Å². The van der Waals surface area contributed by atoms with Crippen LogP contribution in [0, 0.1) is 5.92 Å². The normalized spacial score (nSPS) is 26.3. The summed E-state index contributed by atoms with van der Waals surface area (Å²) in [5.41, 5.74) is 3.74. The summed E-state index contributed by atoms with van der Waals surface area (Å²) in [4.78, 5) is 63.6. The van der Waals surface area contributed by atoms with E-state index in [9.17, 15) is 19.5 Å². The minimum atomic E-state index is -3.05. The van der Waals surface area contributed by atoms with Crippen molar-refractivity contribution < 1.29 is 29.0 Å². The number of aliphatic hydroxyl groups excluding tert-OH is 1. The first-order valence-electron chi connectivity index (χ1n) is 20.8. The summed E-state index contributed by atoms with van der Waals surface area (Å²) in [7, 11) is -3.05. The molecular formula is C46H52BrN5O6Si. The zero-order valence-corrected chi connectivity index (χ0v) is 36.4. The third-order valence-electron chi connectivity index (χ3n) is 13.7. The Morgan fingerprint density at radius 3 is 2.36 bits per heavy atom. The van der Waals surface area contributed by atoms with Crippen LogP contribution in [0.4, 0.5) is 17.1 Å². The Morgan fingerprint density at radius 2 is 1.63 bits per heavy atom. The van der Waals surface area contributed by atoms with Crippen LogP contribution in [0.15, 0.2) is 102 Å². The smallest absolute Gasteiger partial charge is 0.264 e. The lowest BCUT2D eigenvalue weighted by molar-refractivity contribution is -0.151. The maximum absolute atomic E-state index is 15.3. The molecule has 4 aromatic carbocycles. The number of ether oxygens (including phenoxy) is 1. The molecule has 308 valence electrons. The second-order valence-corrected chi connectivity index (χ2v) is 22.4. The van der Waals surface area contributed by atoms with E-state index in [1.165, 1.54) is 0 Å². The lowest BCUT2D eigenvalue weighted by Crippen LogP contribution is -2.55. The fraction of sp³-hybridized carbons (Fsp3) is 0.413. The third kappa shape index (κ3) is 6.65. The highest BCUT2D eigenvalue weighted by Gasteiger charge is 2.66. The number of nitrogens with zero attached hydrogens (tertiary/aromatic N) is 4. The first-order chi connectivity index (χ1) is 28.4.